The van der Waals surface area contributed by atoms with Gasteiger partial charge in [-0.25, -0.2) is 9.97 Å². The summed E-state index contributed by atoms with van der Waals surface area (Å²) in [5.74, 6) is 1.11. The summed E-state index contributed by atoms with van der Waals surface area (Å²) in [4.78, 5) is 26.9. The first kappa shape index (κ1) is 18.1. The Morgan fingerprint density at radius 3 is 2.89 bits per heavy atom. The third-order valence-corrected chi connectivity index (χ3v) is 4.82. The maximum absolute atomic E-state index is 12.1. The van der Waals surface area contributed by atoms with Crippen molar-refractivity contribution < 1.29 is 9.32 Å². The van der Waals surface area contributed by atoms with E-state index in [1.54, 1.807) is 18.5 Å². The van der Waals surface area contributed by atoms with Crippen LogP contribution in [0.25, 0.3) is 11.6 Å². The Morgan fingerprint density at radius 1 is 1.21 bits per heavy atom. The second-order valence-corrected chi connectivity index (χ2v) is 6.81. The van der Waals surface area contributed by atoms with Crippen LogP contribution < -0.4 is 10.2 Å². The Hall–Kier alpha value is -3.29. The Labute approximate surface area is 163 Å². The fourth-order valence-electron chi connectivity index (χ4n) is 3.46. The molecule has 0 aliphatic carbocycles. The standard InChI is InChI=1S/C20H22N6O2/c1-14-13-15-5-2-3-6-16(15)26(14)12-11-21-17(27)7-8-18-24-20(25-28-18)19-22-9-4-10-23-19/h2-6,9-10,14H,7-8,11-13H2,1H3,(H,21,27). The van der Waals surface area contributed by atoms with Crippen LogP contribution in [0.5, 0.6) is 0 Å². The molecule has 0 saturated carbocycles. The molecule has 8 nitrogen and oxygen atoms in total. The number of benzene rings is 1. The maximum Gasteiger partial charge on any atom is 0.240 e. The lowest BCUT2D eigenvalue weighted by Crippen LogP contribution is -2.37. The number of fused-ring (bicyclic) bond motifs is 1. The van der Waals surface area contributed by atoms with Crippen LogP contribution in [0.4, 0.5) is 5.69 Å². The molecule has 4 rings (SSSR count). The number of nitrogens with zero attached hydrogens (tertiary/aromatic N) is 5. The number of nitrogens with one attached hydrogen (secondary N) is 1. The summed E-state index contributed by atoms with van der Waals surface area (Å²) >= 11 is 0. The van der Waals surface area contributed by atoms with Gasteiger partial charge in [0.2, 0.25) is 23.4 Å². The van der Waals surface area contributed by atoms with Gasteiger partial charge < -0.3 is 14.7 Å². The lowest BCUT2D eigenvalue weighted by molar-refractivity contribution is -0.121. The number of amides is 1. The number of carbonyl (C=O) groups is 1. The van der Waals surface area contributed by atoms with Crippen LogP contribution in [0, 0.1) is 0 Å². The smallest absolute Gasteiger partial charge is 0.240 e. The fourth-order valence-corrected chi connectivity index (χ4v) is 3.46. The van der Waals surface area contributed by atoms with Crippen molar-refractivity contribution in [2.24, 2.45) is 0 Å². The number of aryl methyl sites for hydroxylation is 1. The molecule has 1 aliphatic rings. The van der Waals surface area contributed by atoms with E-state index in [1.165, 1.54) is 11.3 Å². The number of carbonyl (C=O) groups excluding carboxylic acids is 1. The molecule has 3 aromatic rings. The summed E-state index contributed by atoms with van der Waals surface area (Å²) in [6, 6.07) is 10.6. The van der Waals surface area contributed by atoms with Crippen molar-refractivity contribution in [3.8, 4) is 11.6 Å². The molecule has 28 heavy (non-hydrogen) atoms. The molecule has 1 unspecified atom stereocenters. The molecule has 2 aromatic heterocycles. The molecule has 1 N–H and O–H groups in total. The van der Waals surface area contributed by atoms with Gasteiger partial charge in [-0.05, 0) is 31.0 Å². The van der Waals surface area contributed by atoms with E-state index in [0.29, 0.717) is 43.0 Å². The van der Waals surface area contributed by atoms with Gasteiger partial charge in [0, 0.05) is 50.1 Å². The van der Waals surface area contributed by atoms with E-state index in [2.05, 4.69) is 61.5 Å². The Morgan fingerprint density at radius 2 is 2.04 bits per heavy atom. The molecule has 0 bridgehead atoms. The number of aromatic nitrogens is 4. The average Bonchev–Trinajstić information content (AvgIpc) is 3.32. The molecule has 144 valence electrons. The van der Waals surface area contributed by atoms with Gasteiger partial charge in [-0.2, -0.15) is 4.98 Å². The zero-order valence-corrected chi connectivity index (χ0v) is 15.7. The molecule has 0 fully saturated rings. The second-order valence-electron chi connectivity index (χ2n) is 6.81. The van der Waals surface area contributed by atoms with Crippen LogP contribution in [0.15, 0.2) is 47.2 Å². The van der Waals surface area contributed by atoms with Gasteiger partial charge in [-0.15, -0.1) is 0 Å². The summed E-state index contributed by atoms with van der Waals surface area (Å²) in [6.45, 7) is 3.61. The minimum absolute atomic E-state index is 0.0316. The Balaban J connectivity index is 1.23. The van der Waals surface area contributed by atoms with Gasteiger partial charge >= 0.3 is 0 Å². The number of rotatable bonds is 7. The van der Waals surface area contributed by atoms with Crippen molar-refractivity contribution in [2.45, 2.75) is 32.2 Å². The van der Waals surface area contributed by atoms with Gasteiger partial charge in [-0.1, -0.05) is 23.4 Å². The molecule has 0 spiro atoms. The van der Waals surface area contributed by atoms with Crippen LogP contribution >= 0.6 is 0 Å². The molecule has 1 aromatic carbocycles. The van der Waals surface area contributed by atoms with E-state index in [4.69, 9.17) is 4.52 Å². The van der Waals surface area contributed by atoms with Gasteiger partial charge in [-0.3, -0.25) is 4.79 Å². The maximum atomic E-state index is 12.1. The van der Waals surface area contributed by atoms with E-state index in [-0.39, 0.29) is 5.91 Å². The highest BCUT2D eigenvalue weighted by molar-refractivity contribution is 5.76. The SMILES string of the molecule is CC1Cc2ccccc2N1CCNC(=O)CCc1nc(-c2ncccn2)no1. The van der Waals surface area contributed by atoms with Crippen LogP contribution in [-0.4, -0.2) is 45.1 Å². The first-order valence-corrected chi connectivity index (χ1v) is 9.42. The van der Waals surface area contributed by atoms with Crippen molar-refractivity contribution in [3.05, 3.63) is 54.2 Å². The number of anilines is 1. The van der Waals surface area contributed by atoms with Gasteiger partial charge in [0.05, 0.1) is 0 Å². The second kappa shape index (κ2) is 8.16. The molecule has 1 atom stereocenters. The molecule has 0 radical (unpaired) electrons. The summed E-state index contributed by atoms with van der Waals surface area (Å²) < 4.78 is 5.18. The predicted molar refractivity (Wildman–Crippen MR) is 104 cm³/mol. The lowest BCUT2D eigenvalue weighted by Gasteiger charge is -2.25. The quantitative estimate of drug-likeness (QED) is 0.672. The number of hydrogen-bond donors (Lipinski definition) is 1. The van der Waals surface area contributed by atoms with Gasteiger partial charge in [0.1, 0.15) is 0 Å². The normalized spacial score (nSPS) is 15.5. The molecule has 8 heteroatoms. The summed E-state index contributed by atoms with van der Waals surface area (Å²) in [7, 11) is 0. The minimum Gasteiger partial charge on any atom is -0.367 e. The average molecular weight is 378 g/mol. The van der Waals surface area contributed by atoms with Crippen molar-refractivity contribution in [3.63, 3.8) is 0 Å². The topological polar surface area (TPSA) is 97.0 Å². The highest BCUT2D eigenvalue weighted by atomic mass is 16.5. The first-order valence-electron chi connectivity index (χ1n) is 9.42. The van der Waals surface area contributed by atoms with E-state index in [1.807, 2.05) is 0 Å². The first-order chi connectivity index (χ1) is 13.7. The lowest BCUT2D eigenvalue weighted by atomic mass is 10.1. The molecule has 3 heterocycles. The number of para-hydroxylation sites is 1. The highest BCUT2D eigenvalue weighted by Gasteiger charge is 2.24. The predicted octanol–water partition coefficient (Wildman–Crippen LogP) is 2.03. The Kier molecular flexibility index (Phi) is 5.27. The van der Waals surface area contributed by atoms with Gasteiger partial charge in [0.25, 0.3) is 0 Å². The van der Waals surface area contributed by atoms with E-state index < -0.39 is 0 Å². The zero-order chi connectivity index (χ0) is 19.3. The number of hydrogen-bond acceptors (Lipinski definition) is 7. The van der Waals surface area contributed by atoms with Gasteiger partial charge in [0.15, 0.2) is 0 Å². The van der Waals surface area contributed by atoms with Crippen LogP contribution in [0.2, 0.25) is 0 Å². The molecule has 0 saturated heterocycles. The monoisotopic (exact) mass is 378 g/mol. The molecule has 1 aliphatic heterocycles. The Bertz CT molecular complexity index is 943. The highest BCUT2D eigenvalue weighted by Crippen LogP contribution is 2.31. The van der Waals surface area contributed by atoms with Crippen molar-refractivity contribution in [1.29, 1.82) is 0 Å². The van der Waals surface area contributed by atoms with Crippen LogP contribution in [0.1, 0.15) is 24.8 Å². The molecule has 1 amide bonds. The van der Waals surface area contributed by atoms with E-state index >= 15 is 0 Å². The summed E-state index contributed by atoms with van der Waals surface area (Å²) in [6.07, 6.45) is 4.96. The van der Waals surface area contributed by atoms with Crippen molar-refractivity contribution in [1.82, 2.24) is 25.4 Å². The minimum atomic E-state index is -0.0316. The van der Waals surface area contributed by atoms with Crippen LogP contribution in [0.3, 0.4) is 0 Å². The zero-order valence-electron chi connectivity index (χ0n) is 15.7. The van der Waals surface area contributed by atoms with E-state index in [9.17, 15) is 4.79 Å². The summed E-state index contributed by atoms with van der Waals surface area (Å²) in [5.41, 5.74) is 2.64. The fraction of sp³-hybridized carbons (Fsp3) is 0.350. The third kappa shape index (κ3) is 4.00. The summed E-state index contributed by atoms with van der Waals surface area (Å²) in [5, 5.41) is 6.83. The van der Waals surface area contributed by atoms with Crippen molar-refractivity contribution in [2.75, 3.05) is 18.0 Å². The largest absolute Gasteiger partial charge is 0.367 e. The third-order valence-electron chi connectivity index (χ3n) is 4.82. The molecular weight excluding hydrogens is 356 g/mol. The molecular formula is C20H22N6O2. The van der Waals surface area contributed by atoms with Crippen LogP contribution in [-0.2, 0) is 17.6 Å². The van der Waals surface area contributed by atoms with Crippen molar-refractivity contribution >= 4 is 11.6 Å². The van der Waals surface area contributed by atoms with E-state index in [0.717, 1.165) is 13.0 Å².